The van der Waals surface area contributed by atoms with Crippen LogP contribution in [-0.4, -0.2) is 33.0 Å². The second-order valence-electron chi connectivity index (χ2n) is 5.98. The topological polar surface area (TPSA) is 76.2 Å². The van der Waals surface area contributed by atoms with E-state index >= 15 is 0 Å². The Morgan fingerprint density at radius 2 is 2.04 bits per heavy atom. The number of hydrogen-bond donors (Lipinski definition) is 1. The van der Waals surface area contributed by atoms with E-state index in [4.69, 9.17) is 4.42 Å². The summed E-state index contributed by atoms with van der Waals surface area (Å²) >= 11 is 0. The number of benzene rings is 1. The van der Waals surface area contributed by atoms with Gasteiger partial charge < -0.3 is 14.6 Å². The molecule has 7 nitrogen and oxygen atoms in total. The van der Waals surface area contributed by atoms with Gasteiger partial charge in [0.25, 0.3) is 0 Å². The minimum absolute atomic E-state index is 0.113. The molecule has 7 heteroatoms. The van der Waals surface area contributed by atoms with Crippen LogP contribution in [0.15, 0.2) is 53.2 Å². The van der Waals surface area contributed by atoms with Crippen LogP contribution < -0.4 is 5.32 Å². The molecule has 0 aliphatic rings. The summed E-state index contributed by atoms with van der Waals surface area (Å²) in [6.45, 7) is 4.26. The van der Waals surface area contributed by atoms with E-state index in [-0.39, 0.29) is 12.1 Å². The maximum atomic E-state index is 12.3. The third kappa shape index (κ3) is 4.06. The molecule has 0 fully saturated rings. The van der Waals surface area contributed by atoms with Crippen molar-refractivity contribution in [2.24, 2.45) is 0 Å². The van der Waals surface area contributed by atoms with Crippen molar-refractivity contribution >= 4 is 6.03 Å². The van der Waals surface area contributed by atoms with Gasteiger partial charge in [-0.1, -0.05) is 17.3 Å². The van der Waals surface area contributed by atoms with Crippen LogP contribution in [0.1, 0.15) is 30.0 Å². The predicted molar refractivity (Wildman–Crippen MR) is 93.2 cm³/mol. The number of furan rings is 1. The lowest BCUT2D eigenvalue weighted by Crippen LogP contribution is -2.38. The third-order valence-corrected chi connectivity index (χ3v) is 3.96. The number of carbonyl (C=O) groups excluding carboxylic acids is 1. The van der Waals surface area contributed by atoms with Crippen molar-refractivity contribution in [2.75, 3.05) is 7.05 Å². The van der Waals surface area contributed by atoms with Crippen LogP contribution in [-0.2, 0) is 6.54 Å². The van der Waals surface area contributed by atoms with Crippen LogP contribution >= 0.6 is 0 Å². The zero-order valence-electron chi connectivity index (χ0n) is 14.5. The molecule has 130 valence electrons. The van der Waals surface area contributed by atoms with Gasteiger partial charge in [-0.15, -0.1) is 5.10 Å². The molecule has 1 aromatic carbocycles. The van der Waals surface area contributed by atoms with Gasteiger partial charge in [0, 0.05) is 7.05 Å². The Labute approximate surface area is 146 Å². The van der Waals surface area contributed by atoms with Gasteiger partial charge >= 0.3 is 6.03 Å². The van der Waals surface area contributed by atoms with Crippen LogP contribution in [0.3, 0.4) is 0 Å². The Hall–Kier alpha value is -3.09. The first kappa shape index (κ1) is 16.8. The van der Waals surface area contributed by atoms with Crippen molar-refractivity contribution < 1.29 is 9.21 Å². The Kier molecular flexibility index (Phi) is 4.83. The van der Waals surface area contributed by atoms with Gasteiger partial charge in [0.1, 0.15) is 11.5 Å². The van der Waals surface area contributed by atoms with Gasteiger partial charge in [-0.25, -0.2) is 9.48 Å². The molecule has 0 saturated carbocycles. The van der Waals surface area contributed by atoms with Crippen molar-refractivity contribution in [3.63, 3.8) is 0 Å². The lowest BCUT2D eigenvalue weighted by molar-refractivity contribution is 0.199. The summed E-state index contributed by atoms with van der Waals surface area (Å²) in [4.78, 5) is 13.9. The summed E-state index contributed by atoms with van der Waals surface area (Å²) < 4.78 is 7.19. The molecule has 1 N–H and O–H groups in total. The summed E-state index contributed by atoms with van der Waals surface area (Å²) in [5.74, 6) is 1.60. The number of rotatable bonds is 5. The minimum atomic E-state index is -0.151. The van der Waals surface area contributed by atoms with E-state index in [1.165, 1.54) is 0 Å². The highest BCUT2D eigenvalue weighted by molar-refractivity contribution is 5.74. The Bertz CT molecular complexity index is 824. The number of aryl methyl sites for hydroxylation is 1. The first-order valence-corrected chi connectivity index (χ1v) is 8.06. The molecule has 2 heterocycles. The van der Waals surface area contributed by atoms with E-state index in [9.17, 15) is 4.79 Å². The normalized spacial score (nSPS) is 12.0. The molecule has 0 aliphatic carbocycles. The number of carbonyl (C=O) groups is 1. The number of nitrogens with one attached hydrogen (secondary N) is 1. The van der Waals surface area contributed by atoms with Crippen molar-refractivity contribution in [2.45, 2.75) is 26.4 Å². The molecule has 3 aromatic rings. The molecule has 0 aliphatic heterocycles. The van der Waals surface area contributed by atoms with Gasteiger partial charge in [-0.3, -0.25) is 0 Å². The molecular formula is C18H21N5O2. The van der Waals surface area contributed by atoms with Gasteiger partial charge in [0.2, 0.25) is 0 Å². The molecule has 0 spiro atoms. The molecule has 3 rings (SSSR count). The SMILES string of the molecule is Cc1ccc(CN(C)C(=O)NC(C)c2ccc(-n3ccnn3)cc2)o1. The number of hydrogen-bond acceptors (Lipinski definition) is 4. The van der Waals surface area contributed by atoms with Crippen molar-refractivity contribution in [3.05, 3.63) is 65.9 Å². The zero-order chi connectivity index (χ0) is 17.8. The molecule has 0 saturated heterocycles. The molecule has 1 atom stereocenters. The number of amides is 2. The Balaban J connectivity index is 1.59. The summed E-state index contributed by atoms with van der Waals surface area (Å²) in [5.41, 5.74) is 1.93. The number of urea groups is 1. The summed E-state index contributed by atoms with van der Waals surface area (Å²) in [6.07, 6.45) is 3.42. The largest absolute Gasteiger partial charge is 0.464 e. The lowest BCUT2D eigenvalue weighted by atomic mass is 10.1. The fraction of sp³-hybridized carbons (Fsp3) is 0.278. The second kappa shape index (κ2) is 7.21. The quantitative estimate of drug-likeness (QED) is 0.775. The first-order chi connectivity index (χ1) is 12.0. The lowest BCUT2D eigenvalue weighted by Gasteiger charge is -2.21. The minimum Gasteiger partial charge on any atom is -0.464 e. The highest BCUT2D eigenvalue weighted by atomic mass is 16.3. The number of nitrogens with zero attached hydrogens (tertiary/aromatic N) is 4. The van der Waals surface area contributed by atoms with E-state index in [2.05, 4.69) is 15.6 Å². The maximum Gasteiger partial charge on any atom is 0.318 e. The van der Waals surface area contributed by atoms with Gasteiger partial charge in [0.15, 0.2) is 0 Å². The summed E-state index contributed by atoms with van der Waals surface area (Å²) in [6, 6.07) is 11.3. The second-order valence-corrected chi connectivity index (χ2v) is 5.98. The summed E-state index contributed by atoms with van der Waals surface area (Å²) in [7, 11) is 1.74. The van der Waals surface area contributed by atoms with Crippen LogP contribution in [0.4, 0.5) is 4.79 Å². The van der Waals surface area contributed by atoms with E-state index in [0.29, 0.717) is 6.54 Å². The van der Waals surface area contributed by atoms with E-state index in [0.717, 1.165) is 22.8 Å². The highest BCUT2D eigenvalue weighted by Gasteiger charge is 2.15. The van der Waals surface area contributed by atoms with Crippen molar-refractivity contribution in [1.29, 1.82) is 0 Å². The molecule has 25 heavy (non-hydrogen) atoms. The summed E-state index contributed by atoms with van der Waals surface area (Å²) in [5, 5.41) is 10.7. The highest BCUT2D eigenvalue weighted by Crippen LogP contribution is 2.16. The van der Waals surface area contributed by atoms with Gasteiger partial charge in [-0.2, -0.15) is 0 Å². The average Bonchev–Trinajstić information content (AvgIpc) is 3.27. The predicted octanol–water partition coefficient (Wildman–Crippen LogP) is 3.07. The Morgan fingerprint density at radius 1 is 1.28 bits per heavy atom. The third-order valence-electron chi connectivity index (χ3n) is 3.96. The van der Waals surface area contributed by atoms with Crippen LogP contribution in [0.2, 0.25) is 0 Å². The molecule has 0 bridgehead atoms. The van der Waals surface area contributed by atoms with Crippen LogP contribution in [0, 0.1) is 6.92 Å². The smallest absolute Gasteiger partial charge is 0.318 e. The molecule has 2 aromatic heterocycles. The van der Waals surface area contributed by atoms with Crippen LogP contribution in [0.5, 0.6) is 0 Å². The van der Waals surface area contributed by atoms with Crippen LogP contribution in [0.25, 0.3) is 5.69 Å². The monoisotopic (exact) mass is 339 g/mol. The first-order valence-electron chi connectivity index (χ1n) is 8.06. The fourth-order valence-corrected chi connectivity index (χ4v) is 2.52. The number of aromatic nitrogens is 3. The van der Waals surface area contributed by atoms with E-state index in [1.54, 1.807) is 29.0 Å². The molecule has 2 amide bonds. The molecular weight excluding hydrogens is 318 g/mol. The van der Waals surface area contributed by atoms with E-state index < -0.39 is 0 Å². The van der Waals surface area contributed by atoms with Crippen molar-refractivity contribution in [1.82, 2.24) is 25.2 Å². The van der Waals surface area contributed by atoms with Gasteiger partial charge in [0.05, 0.1) is 30.7 Å². The zero-order valence-corrected chi connectivity index (χ0v) is 14.5. The fourth-order valence-electron chi connectivity index (χ4n) is 2.52. The molecule has 1 unspecified atom stereocenters. The Morgan fingerprint density at radius 3 is 2.64 bits per heavy atom. The average molecular weight is 339 g/mol. The molecule has 0 radical (unpaired) electrons. The van der Waals surface area contributed by atoms with E-state index in [1.807, 2.05) is 50.2 Å². The standard InChI is InChI=1S/C18H21N5O2/c1-13-4-9-17(25-13)12-22(3)18(24)20-14(2)15-5-7-16(8-6-15)23-11-10-19-21-23/h4-11,14H,12H2,1-3H3,(H,20,24). The van der Waals surface area contributed by atoms with Gasteiger partial charge in [-0.05, 0) is 43.7 Å². The van der Waals surface area contributed by atoms with Crippen molar-refractivity contribution in [3.8, 4) is 5.69 Å². The maximum absolute atomic E-state index is 12.3.